The summed E-state index contributed by atoms with van der Waals surface area (Å²) in [6.45, 7) is 5.92. The molecule has 0 aliphatic rings. The van der Waals surface area contributed by atoms with E-state index in [0.717, 1.165) is 12.7 Å². The van der Waals surface area contributed by atoms with Crippen molar-refractivity contribution in [1.29, 1.82) is 0 Å². The summed E-state index contributed by atoms with van der Waals surface area (Å²) in [4.78, 5) is 0. The molecule has 1 unspecified atom stereocenters. The third-order valence-electron chi connectivity index (χ3n) is 3.46. The highest BCUT2D eigenvalue weighted by molar-refractivity contribution is 7.86. The van der Waals surface area contributed by atoms with Crippen molar-refractivity contribution < 1.29 is 22.1 Å². The van der Waals surface area contributed by atoms with Gasteiger partial charge in [0, 0.05) is 19.8 Å². The predicted octanol–water partition coefficient (Wildman–Crippen LogP) is 2.70. The summed E-state index contributed by atoms with van der Waals surface area (Å²) in [5.41, 5.74) is 1.91. The van der Waals surface area contributed by atoms with E-state index in [9.17, 15) is 8.42 Å². The van der Waals surface area contributed by atoms with Crippen molar-refractivity contribution in [2.75, 3.05) is 20.5 Å². The molecule has 0 spiro atoms. The highest BCUT2D eigenvalue weighted by atomic mass is 32.2. The van der Waals surface area contributed by atoms with Crippen LogP contribution in [0, 0.1) is 5.92 Å². The molecule has 0 fully saturated rings. The maximum absolute atomic E-state index is 11.4. The second-order valence-corrected chi connectivity index (χ2v) is 7.41. The summed E-state index contributed by atoms with van der Waals surface area (Å²) < 4.78 is 38.8. The third-order valence-corrected chi connectivity index (χ3v) is 4.10. The van der Waals surface area contributed by atoms with Gasteiger partial charge in [0.05, 0.1) is 6.26 Å². The van der Waals surface area contributed by atoms with E-state index in [1.165, 1.54) is 19.8 Å². The molecule has 0 saturated carbocycles. The van der Waals surface area contributed by atoms with Gasteiger partial charge in [0.25, 0.3) is 10.1 Å². The van der Waals surface area contributed by atoms with Crippen LogP contribution in [0.2, 0.25) is 0 Å². The van der Waals surface area contributed by atoms with Gasteiger partial charge in [0.2, 0.25) is 5.79 Å². The first kappa shape index (κ1) is 19.1. The minimum Gasteiger partial charge on any atom is -0.347 e. The Kier molecular flexibility index (Phi) is 6.55. The molecule has 0 saturated heterocycles. The molecule has 5 nitrogen and oxygen atoms in total. The topological polar surface area (TPSA) is 61.8 Å². The van der Waals surface area contributed by atoms with Crippen molar-refractivity contribution in [3.05, 3.63) is 35.4 Å². The summed E-state index contributed by atoms with van der Waals surface area (Å²) >= 11 is 0. The third kappa shape index (κ3) is 4.78. The Bertz CT molecular complexity index is 559. The second-order valence-electron chi connectivity index (χ2n) is 5.81. The lowest BCUT2D eigenvalue weighted by Gasteiger charge is -2.35. The van der Waals surface area contributed by atoms with Gasteiger partial charge < -0.3 is 9.47 Å². The Morgan fingerprint density at radius 1 is 1.05 bits per heavy atom. The SMILES string of the molecule is COC(OC)(c1ccc(CC(C)C)cc1)C(C)OS(C)(=O)=O. The van der Waals surface area contributed by atoms with Crippen molar-refractivity contribution in [2.24, 2.45) is 5.92 Å². The van der Waals surface area contributed by atoms with Crippen LogP contribution in [0.25, 0.3) is 0 Å². The first-order chi connectivity index (χ1) is 10.1. The molecule has 0 N–H and O–H groups in total. The van der Waals surface area contributed by atoms with Gasteiger partial charge in [0.1, 0.15) is 6.10 Å². The van der Waals surface area contributed by atoms with Gasteiger partial charge in [-0.2, -0.15) is 8.42 Å². The molecular formula is C16H26O5S. The van der Waals surface area contributed by atoms with Gasteiger partial charge in [-0.25, -0.2) is 0 Å². The zero-order valence-electron chi connectivity index (χ0n) is 14.1. The van der Waals surface area contributed by atoms with Crippen LogP contribution in [0.5, 0.6) is 0 Å². The van der Waals surface area contributed by atoms with Crippen molar-refractivity contribution in [1.82, 2.24) is 0 Å². The highest BCUT2D eigenvalue weighted by Crippen LogP contribution is 2.33. The fourth-order valence-electron chi connectivity index (χ4n) is 2.56. The van der Waals surface area contributed by atoms with Crippen LogP contribution in [-0.2, 0) is 36.0 Å². The highest BCUT2D eigenvalue weighted by Gasteiger charge is 2.41. The van der Waals surface area contributed by atoms with Crippen LogP contribution in [0.3, 0.4) is 0 Å². The molecule has 126 valence electrons. The van der Waals surface area contributed by atoms with E-state index >= 15 is 0 Å². The largest absolute Gasteiger partial charge is 0.347 e. The first-order valence-electron chi connectivity index (χ1n) is 7.22. The van der Waals surface area contributed by atoms with Crippen molar-refractivity contribution in [3.8, 4) is 0 Å². The molecule has 0 aromatic heterocycles. The molecule has 0 aliphatic heterocycles. The first-order valence-corrected chi connectivity index (χ1v) is 9.04. The van der Waals surface area contributed by atoms with Gasteiger partial charge >= 0.3 is 0 Å². The number of methoxy groups -OCH3 is 2. The van der Waals surface area contributed by atoms with Gasteiger partial charge in [-0.3, -0.25) is 4.18 Å². The second kappa shape index (κ2) is 7.55. The zero-order valence-corrected chi connectivity index (χ0v) is 14.9. The van der Waals surface area contributed by atoms with Crippen molar-refractivity contribution in [2.45, 2.75) is 39.1 Å². The molecule has 1 rings (SSSR count). The smallest absolute Gasteiger partial charge is 0.264 e. The van der Waals surface area contributed by atoms with Crippen LogP contribution >= 0.6 is 0 Å². The van der Waals surface area contributed by atoms with Crippen LogP contribution in [0.15, 0.2) is 24.3 Å². The molecule has 1 atom stereocenters. The maximum atomic E-state index is 11.4. The Hall–Kier alpha value is -0.950. The lowest BCUT2D eigenvalue weighted by atomic mass is 9.96. The van der Waals surface area contributed by atoms with Gasteiger partial charge in [-0.1, -0.05) is 38.1 Å². The fraction of sp³-hybridized carbons (Fsp3) is 0.625. The van der Waals surface area contributed by atoms with Crippen molar-refractivity contribution >= 4 is 10.1 Å². The minimum atomic E-state index is -3.62. The molecule has 0 bridgehead atoms. The van der Waals surface area contributed by atoms with Gasteiger partial charge in [0.15, 0.2) is 0 Å². The predicted molar refractivity (Wildman–Crippen MR) is 86.1 cm³/mol. The maximum Gasteiger partial charge on any atom is 0.264 e. The Labute approximate surface area is 133 Å². The average molecular weight is 330 g/mol. The quantitative estimate of drug-likeness (QED) is 0.542. The normalized spacial score (nSPS) is 14.3. The molecule has 22 heavy (non-hydrogen) atoms. The van der Waals surface area contributed by atoms with E-state index < -0.39 is 22.0 Å². The van der Waals surface area contributed by atoms with Crippen molar-refractivity contribution in [3.63, 3.8) is 0 Å². The summed E-state index contributed by atoms with van der Waals surface area (Å²) in [5, 5.41) is 0. The van der Waals surface area contributed by atoms with E-state index in [4.69, 9.17) is 13.7 Å². The molecule has 0 heterocycles. The van der Waals surface area contributed by atoms with E-state index in [1.807, 2.05) is 24.3 Å². The molecule has 0 aliphatic carbocycles. The number of benzene rings is 1. The molecule has 1 aromatic rings. The summed E-state index contributed by atoms with van der Waals surface area (Å²) in [6.07, 6.45) is 1.15. The van der Waals surface area contributed by atoms with E-state index in [2.05, 4.69) is 13.8 Å². The fourth-order valence-corrected chi connectivity index (χ4v) is 3.21. The minimum absolute atomic E-state index is 0.563. The number of hydrogen-bond donors (Lipinski definition) is 0. The zero-order chi connectivity index (χ0) is 17.0. The van der Waals surface area contributed by atoms with Crippen LogP contribution in [0.4, 0.5) is 0 Å². The standard InChI is InChI=1S/C16H26O5S/c1-12(2)11-14-7-9-15(10-8-14)16(19-4,20-5)13(3)21-22(6,17)18/h7-10,12-13H,11H2,1-6H3. The molecular weight excluding hydrogens is 304 g/mol. The molecule has 0 radical (unpaired) electrons. The Morgan fingerprint density at radius 3 is 1.91 bits per heavy atom. The van der Waals surface area contributed by atoms with Gasteiger partial charge in [-0.05, 0) is 24.8 Å². The average Bonchev–Trinajstić information content (AvgIpc) is 2.40. The van der Waals surface area contributed by atoms with Gasteiger partial charge in [-0.15, -0.1) is 0 Å². The number of ether oxygens (including phenoxy) is 2. The summed E-state index contributed by atoms with van der Waals surface area (Å²) in [6, 6.07) is 7.75. The lowest BCUT2D eigenvalue weighted by Crippen LogP contribution is -2.44. The lowest BCUT2D eigenvalue weighted by molar-refractivity contribution is -0.257. The van der Waals surface area contributed by atoms with Crippen LogP contribution < -0.4 is 0 Å². The molecule has 1 aromatic carbocycles. The monoisotopic (exact) mass is 330 g/mol. The van der Waals surface area contributed by atoms with E-state index in [-0.39, 0.29) is 0 Å². The summed E-state index contributed by atoms with van der Waals surface area (Å²) in [7, 11) is -0.687. The number of rotatable bonds is 8. The van der Waals surface area contributed by atoms with E-state index in [1.54, 1.807) is 6.92 Å². The Balaban J connectivity index is 3.13. The van der Waals surface area contributed by atoms with Crippen LogP contribution in [-0.4, -0.2) is 35.0 Å². The Morgan fingerprint density at radius 2 is 1.55 bits per heavy atom. The number of hydrogen-bond acceptors (Lipinski definition) is 5. The van der Waals surface area contributed by atoms with Crippen LogP contribution in [0.1, 0.15) is 31.9 Å². The molecule has 6 heteroatoms. The summed E-state index contributed by atoms with van der Waals surface area (Å²) in [5.74, 6) is -0.715. The van der Waals surface area contributed by atoms with E-state index in [0.29, 0.717) is 11.5 Å². The molecule has 0 amide bonds.